The van der Waals surface area contributed by atoms with E-state index in [1.807, 2.05) is 12.1 Å². The standard InChI is InChI=1S/C13H18ClN3/c14-12-5-3-11(4-6-12)7-10-17-13-15-8-1-2-9-16-13/h3-6H,1-2,7-10H2,(H2,15,16,17). The molecule has 0 aromatic heterocycles. The SMILES string of the molecule is Clc1ccc(CCNC2=NCCCCN2)cc1. The number of halogens is 1. The minimum Gasteiger partial charge on any atom is -0.356 e. The first-order valence-corrected chi connectivity index (χ1v) is 6.49. The van der Waals surface area contributed by atoms with Crippen LogP contribution in [0.1, 0.15) is 18.4 Å². The molecule has 17 heavy (non-hydrogen) atoms. The molecule has 0 aliphatic carbocycles. The number of nitrogens with one attached hydrogen (secondary N) is 2. The van der Waals surface area contributed by atoms with E-state index in [0.717, 1.165) is 37.0 Å². The average Bonchev–Trinajstić information content (AvgIpc) is 2.60. The molecule has 0 radical (unpaired) electrons. The molecule has 1 aliphatic heterocycles. The summed E-state index contributed by atoms with van der Waals surface area (Å²) in [5.41, 5.74) is 1.29. The predicted molar refractivity (Wildman–Crippen MR) is 72.7 cm³/mol. The Morgan fingerprint density at radius 1 is 1.24 bits per heavy atom. The molecule has 1 aromatic carbocycles. The number of benzene rings is 1. The summed E-state index contributed by atoms with van der Waals surface area (Å²) in [4.78, 5) is 4.44. The number of rotatable bonds is 3. The molecule has 2 N–H and O–H groups in total. The van der Waals surface area contributed by atoms with Crippen molar-refractivity contribution >= 4 is 17.6 Å². The minimum absolute atomic E-state index is 0.788. The molecule has 0 atom stereocenters. The first kappa shape index (κ1) is 12.2. The maximum Gasteiger partial charge on any atom is 0.191 e. The van der Waals surface area contributed by atoms with Gasteiger partial charge in [-0.3, -0.25) is 4.99 Å². The molecule has 0 saturated carbocycles. The highest BCUT2D eigenvalue weighted by atomic mass is 35.5. The van der Waals surface area contributed by atoms with Crippen LogP contribution in [0.5, 0.6) is 0 Å². The van der Waals surface area contributed by atoms with Crippen LogP contribution in [-0.2, 0) is 6.42 Å². The molecule has 0 fully saturated rings. The van der Waals surface area contributed by atoms with E-state index < -0.39 is 0 Å². The number of nitrogens with zero attached hydrogens (tertiary/aromatic N) is 1. The zero-order chi connectivity index (χ0) is 11.9. The van der Waals surface area contributed by atoms with E-state index in [9.17, 15) is 0 Å². The third-order valence-corrected chi connectivity index (χ3v) is 3.02. The molecule has 1 heterocycles. The van der Waals surface area contributed by atoms with E-state index in [1.54, 1.807) is 0 Å². The second-order valence-corrected chi connectivity index (χ2v) is 4.60. The molecule has 1 aromatic rings. The third-order valence-electron chi connectivity index (χ3n) is 2.77. The lowest BCUT2D eigenvalue weighted by Crippen LogP contribution is -2.38. The lowest BCUT2D eigenvalue weighted by Gasteiger charge is -2.09. The Hall–Kier alpha value is -1.22. The Morgan fingerprint density at radius 3 is 2.88 bits per heavy atom. The Morgan fingerprint density at radius 2 is 2.06 bits per heavy atom. The van der Waals surface area contributed by atoms with E-state index in [0.29, 0.717) is 0 Å². The normalized spacial score (nSPS) is 15.7. The lowest BCUT2D eigenvalue weighted by molar-refractivity contribution is 0.741. The highest BCUT2D eigenvalue weighted by molar-refractivity contribution is 6.30. The summed E-state index contributed by atoms with van der Waals surface area (Å²) in [7, 11) is 0. The molecule has 0 saturated heterocycles. The largest absolute Gasteiger partial charge is 0.356 e. The average molecular weight is 252 g/mol. The van der Waals surface area contributed by atoms with Crippen molar-refractivity contribution in [2.24, 2.45) is 4.99 Å². The van der Waals surface area contributed by atoms with E-state index >= 15 is 0 Å². The van der Waals surface area contributed by atoms with Gasteiger partial charge in [-0.1, -0.05) is 23.7 Å². The van der Waals surface area contributed by atoms with E-state index in [-0.39, 0.29) is 0 Å². The van der Waals surface area contributed by atoms with E-state index in [4.69, 9.17) is 11.6 Å². The fraction of sp³-hybridized carbons (Fsp3) is 0.462. The van der Waals surface area contributed by atoms with Gasteiger partial charge in [0.05, 0.1) is 0 Å². The van der Waals surface area contributed by atoms with Crippen LogP contribution >= 0.6 is 11.6 Å². The smallest absolute Gasteiger partial charge is 0.191 e. The summed E-state index contributed by atoms with van der Waals surface area (Å²) >= 11 is 5.84. The fourth-order valence-electron chi connectivity index (χ4n) is 1.79. The first-order chi connectivity index (χ1) is 8.34. The Balaban J connectivity index is 1.75. The summed E-state index contributed by atoms with van der Waals surface area (Å²) in [6, 6.07) is 7.98. The maximum absolute atomic E-state index is 5.84. The topological polar surface area (TPSA) is 36.4 Å². The summed E-state index contributed by atoms with van der Waals surface area (Å²) in [5.74, 6) is 0.941. The minimum atomic E-state index is 0.788. The molecular weight excluding hydrogens is 234 g/mol. The third kappa shape index (κ3) is 4.27. The summed E-state index contributed by atoms with van der Waals surface area (Å²) < 4.78 is 0. The lowest BCUT2D eigenvalue weighted by atomic mass is 10.1. The highest BCUT2D eigenvalue weighted by Crippen LogP contribution is 2.09. The van der Waals surface area contributed by atoms with Gasteiger partial charge < -0.3 is 10.6 Å². The van der Waals surface area contributed by atoms with Gasteiger partial charge in [0.1, 0.15) is 0 Å². The van der Waals surface area contributed by atoms with Crippen molar-refractivity contribution in [1.82, 2.24) is 10.6 Å². The molecule has 3 nitrogen and oxygen atoms in total. The van der Waals surface area contributed by atoms with Gasteiger partial charge in [0.15, 0.2) is 5.96 Å². The van der Waals surface area contributed by atoms with Crippen LogP contribution in [0.3, 0.4) is 0 Å². The van der Waals surface area contributed by atoms with Crippen molar-refractivity contribution in [3.63, 3.8) is 0 Å². The van der Waals surface area contributed by atoms with Crippen molar-refractivity contribution in [3.05, 3.63) is 34.9 Å². The second-order valence-electron chi connectivity index (χ2n) is 4.17. The number of guanidine groups is 1. The Kier molecular flexibility index (Phi) is 4.68. The van der Waals surface area contributed by atoms with Gasteiger partial charge in [-0.2, -0.15) is 0 Å². The van der Waals surface area contributed by atoms with Crippen LogP contribution in [-0.4, -0.2) is 25.6 Å². The van der Waals surface area contributed by atoms with E-state index in [2.05, 4.69) is 27.8 Å². The van der Waals surface area contributed by atoms with Crippen LogP contribution in [0.4, 0.5) is 0 Å². The fourth-order valence-corrected chi connectivity index (χ4v) is 1.91. The molecule has 0 spiro atoms. The van der Waals surface area contributed by atoms with Crippen molar-refractivity contribution in [2.45, 2.75) is 19.3 Å². The van der Waals surface area contributed by atoms with Crippen LogP contribution in [0.2, 0.25) is 5.02 Å². The van der Waals surface area contributed by atoms with Crippen LogP contribution in [0.25, 0.3) is 0 Å². The van der Waals surface area contributed by atoms with Crippen LogP contribution in [0, 0.1) is 0 Å². The molecule has 0 bridgehead atoms. The van der Waals surface area contributed by atoms with Crippen molar-refractivity contribution in [2.75, 3.05) is 19.6 Å². The zero-order valence-corrected chi connectivity index (χ0v) is 10.6. The predicted octanol–water partition coefficient (Wildman–Crippen LogP) is 2.21. The van der Waals surface area contributed by atoms with Gasteiger partial charge in [0.25, 0.3) is 0 Å². The molecule has 2 rings (SSSR count). The van der Waals surface area contributed by atoms with Gasteiger partial charge in [-0.15, -0.1) is 0 Å². The quantitative estimate of drug-likeness (QED) is 0.864. The van der Waals surface area contributed by atoms with Gasteiger partial charge in [-0.25, -0.2) is 0 Å². The van der Waals surface area contributed by atoms with Crippen LogP contribution < -0.4 is 10.6 Å². The van der Waals surface area contributed by atoms with Gasteiger partial charge in [-0.05, 0) is 37.0 Å². The maximum atomic E-state index is 5.84. The second kappa shape index (κ2) is 6.50. The monoisotopic (exact) mass is 251 g/mol. The summed E-state index contributed by atoms with van der Waals surface area (Å²) in [5, 5.41) is 7.41. The first-order valence-electron chi connectivity index (χ1n) is 6.11. The van der Waals surface area contributed by atoms with Crippen molar-refractivity contribution in [1.29, 1.82) is 0 Å². The molecular formula is C13H18ClN3. The number of aliphatic imine (C=N–C) groups is 1. The van der Waals surface area contributed by atoms with E-state index in [1.165, 1.54) is 18.4 Å². The number of hydrogen-bond acceptors (Lipinski definition) is 3. The zero-order valence-electron chi connectivity index (χ0n) is 9.88. The molecule has 4 heteroatoms. The molecule has 0 amide bonds. The van der Waals surface area contributed by atoms with Crippen molar-refractivity contribution < 1.29 is 0 Å². The van der Waals surface area contributed by atoms with Crippen LogP contribution in [0.15, 0.2) is 29.3 Å². The van der Waals surface area contributed by atoms with Crippen molar-refractivity contribution in [3.8, 4) is 0 Å². The number of hydrogen-bond donors (Lipinski definition) is 2. The van der Waals surface area contributed by atoms with Gasteiger partial charge >= 0.3 is 0 Å². The highest BCUT2D eigenvalue weighted by Gasteiger charge is 2.01. The van der Waals surface area contributed by atoms with Gasteiger partial charge in [0, 0.05) is 24.7 Å². The summed E-state index contributed by atoms with van der Waals surface area (Å²) in [6.45, 7) is 2.84. The Bertz CT molecular complexity index is 373. The Labute approximate surface area is 107 Å². The van der Waals surface area contributed by atoms with Gasteiger partial charge in [0.2, 0.25) is 0 Å². The molecule has 1 aliphatic rings. The molecule has 0 unspecified atom stereocenters. The molecule has 92 valence electrons. The summed E-state index contributed by atoms with van der Waals surface area (Å²) in [6.07, 6.45) is 3.36.